The zero-order valence-corrected chi connectivity index (χ0v) is 44.8. The largest absolute Gasteiger partial charge is 0.480 e. The standard InChI is InChI=1S/C47H34Cl10O17/c48-24-1-6-34(29(53)11-24)64-18-41(59)69-16-39(71-23-58)46(73-44(62)21-67-37-9-4-27(51)14-32(37)56)47(74-45(63)22-68-38-10-5-28(52)15-33(38)57)40(72-43(61)20-66-36-8-3-26(50)13-31(36)55)17-70-42(60)19-65-35-7-2-25(49)12-30(35)54/h1-15,23,39-40,46-47H,16-22H2. The van der Waals surface area contributed by atoms with Crippen LogP contribution in [0.5, 0.6) is 28.7 Å². The van der Waals surface area contributed by atoms with Crippen LogP contribution in [0.3, 0.4) is 0 Å². The van der Waals surface area contributed by atoms with E-state index in [0.717, 1.165) is 0 Å². The van der Waals surface area contributed by atoms with Crippen molar-refractivity contribution in [2.75, 3.05) is 46.2 Å². The zero-order valence-electron chi connectivity index (χ0n) is 37.2. The molecule has 394 valence electrons. The number of carbonyl (C=O) groups is 6. The maximum absolute atomic E-state index is 13.9. The van der Waals surface area contributed by atoms with Crippen LogP contribution in [0.15, 0.2) is 91.0 Å². The fourth-order valence-electron chi connectivity index (χ4n) is 5.84. The normalized spacial score (nSPS) is 12.4. The highest BCUT2D eigenvalue weighted by molar-refractivity contribution is 6.37. The summed E-state index contributed by atoms with van der Waals surface area (Å²) < 4.78 is 61.1. The summed E-state index contributed by atoms with van der Waals surface area (Å²) in [5, 5.41) is 1.22. The lowest BCUT2D eigenvalue weighted by atomic mass is 10.0. The Morgan fingerprint density at radius 3 is 0.905 bits per heavy atom. The number of rotatable bonds is 27. The van der Waals surface area contributed by atoms with E-state index in [2.05, 4.69) is 0 Å². The van der Waals surface area contributed by atoms with Crippen molar-refractivity contribution >= 4 is 152 Å². The number of esters is 5. The first-order valence-corrected chi connectivity index (χ1v) is 24.4. The highest BCUT2D eigenvalue weighted by Crippen LogP contribution is 2.32. The second-order valence-corrected chi connectivity index (χ2v) is 18.6. The van der Waals surface area contributed by atoms with Gasteiger partial charge >= 0.3 is 29.8 Å². The van der Waals surface area contributed by atoms with Crippen LogP contribution in [0.4, 0.5) is 0 Å². The molecule has 17 nitrogen and oxygen atoms in total. The Hall–Kier alpha value is -5.18. The molecular formula is C47H34Cl10O17. The van der Waals surface area contributed by atoms with Crippen molar-refractivity contribution in [3.05, 3.63) is 141 Å². The third kappa shape index (κ3) is 19.5. The predicted molar refractivity (Wildman–Crippen MR) is 272 cm³/mol. The van der Waals surface area contributed by atoms with Gasteiger partial charge in [0, 0.05) is 25.1 Å². The number of hydrogen-bond donors (Lipinski definition) is 0. The molecule has 74 heavy (non-hydrogen) atoms. The van der Waals surface area contributed by atoms with Gasteiger partial charge in [-0.1, -0.05) is 116 Å². The number of ether oxygens (including phenoxy) is 11. The van der Waals surface area contributed by atoms with Gasteiger partial charge in [-0.05, 0) is 91.0 Å². The molecule has 5 aromatic carbocycles. The molecule has 4 atom stereocenters. The molecule has 0 aliphatic carbocycles. The molecule has 0 aromatic heterocycles. The van der Waals surface area contributed by atoms with Gasteiger partial charge in [0.1, 0.15) is 42.0 Å². The van der Waals surface area contributed by atoms with Gasteiger partial charge in [-0.15, -0.1) is 0 Å². The van der Waals surface area contributed by atoms with Crippen molar-refractivity contribution in [2.24, 2.45) is 0 Å². The van der Waals surface area contributed by atoms with E-state index in [1.807, 2.05) is 0 Å². The summed E-state index contributed by atoms with van der Waals surface area (Å²) >= 11 is 61.1. The molecule has 5 aromatic rings. The van der Waals surface area contributed by atoms with Gasteiger partial charge in [0.05, 0.1) is 25.1 Å². The van der Waals surface area contributed by atoms with Crippen LogP contribution in [0.2, 0.25) is 50.2 Å². The van der Waals surface area contributed by atoms with E-state index in [1.165, 1.54) is 91.0 Å². The summed E-state index contributed by atoms with van der Waals surface area (Å²) in [5.41, 5.74) is 0. The molecule has 0 amide bonds. The monoisotopic (exact) mass is 1220 g/mol. The summed E-state index contributed by atoms with van der Waals surface area (Å²) in [6.45, 7) is -6.66. The van der Waals surface area contributed by atoms with Crippen LogP contribution >= 0.6 is 116 Å². The Labute approximate surface area is 470 Å². The Morgan fingerprint density at radius 1 is 0.365 bits per heavy atom. The van der Waals surface area contributed by atoms with E-state index >= 15 is 0 Å². The summed E-state index contributed by atoms with van der Waals surface area (Å²) in [6.07, 6.45) is -8.50. The van der Waals surface area contributed by atoms with Crippen LogP contribution in [-0.4, -0.2) is 107 Å². The molecule has 0 N–H and O–H groups in total. The molecule has 0 fully saturated rings. The van der Waals surface area contributed by atoms with E-state index in [-0.39, 0.29) is 85.4 Å². The third-order valence-corrected chi connectivity index (χ3v) is 11.8. The number of carbonyl (C=O) groups excluding carboxylic acids is 6. The second-order valence-electron chi connectivity index (χ2n) is 14.4. The van der Waals surface area contributed by atoms with E-state index < -0.39 is 101 Å². The van der Waals surface area contributed by atoms with Crippen molar-refractivity contribution in [3.8, 4) is 28.7 Å². The number of benzene rings is 5. The molecule has 0 spiro atoms. The molecule has 0 radical (unpaired) electrons. The van der Waals surface area contributed by atoms with Crippen LogP contribution in [0.25, 0.3) is 0 Å². The fourth-order valence-corrected chi connectivity index (χ4v) is 8.16. The average molecular weight is 1230 g/mol. The molecular weight excluding hydrogens is 1190 g/mol. The Kier molecular flexibility index (Phi) is 24.0. The van der Waals surface area contributed by atoms with Gasteiger partial charge < -0.3 is 52.1 Å². The van der Waals surface area contributed by atoms with Gasteiger partial charge in [0.25, 0.3) is 6.47 Å². The lowest BCUT2D eigenvalue weighted by molar-refractivity contribution is -0.208. The van der Waals surface area contributed by atoms with Crippen molar-refractivity contribution in [2.45, 2.75) is 24.4 Å². The van der Waals surface area contributed by atoms with E-state index in [0.29, 0.717) is 0 Å². The number of halogens is 10. The van der Waals surface area contributed by atoms with Gasteiger partial charge in [0.2, 0.25) is 0 Å². The van der Waals surface area contributed by atoms with Crippen LogP contribution in [0, 0.1) is 0 Å². The first kappa shape index (κ1) is 59.7. The lowest BCUT2D eigenvalue weighted by Gasteiger charge is -2.35. The summed E-state index contributed by atoms with van der Waals surface area (Å²) in [7, 11) is 0. The maximum Gasteiger partial charge on any atom is 0.344 e. The predicted octanol–water partition coefficient (Wildman–Crippen LogP) is 11.3. The molecule has 0 aliphatic rings. The number of hydrogen-bond acceptors (Lipinski definition) is 17. The Bertz CT molecular complexity index is 2800. The molecule has 27 heteroatoms. The van der Waals surface area contributed by atoms with Gasteiger partial charge in [0.15, 0.2) is 57.5 Å². The van der Waals surface area contributed by atoms with Gasteiger partial charge in [-0.3, -0.25) is 4.79 Å². The second kappa shape index (κ2) is 29.8. The van der Waals surface area contributed by atoms with Crippen molar-refractivity contribution < 1.29 is 80.9 Å². The highest BCUT2D eigenvalue weighted by atomic mass is 35.5. The minimum atomic E-state index is -2.23. The van der Waals surface area contributed by atoms with Crippen LogP contribution in [0.1, 0.15) is 0 Å². The van der Waals surface area contributed by atoms with E-state index in [9.17, 15) is 28.8 Å². The first-order chi connectivity index (χ1) is 35.3. The van der Waals surface area contributed by atoms with Crippen molar-refractivity contribution in [1.82, 2.24) is 0 Å². The highest BCUT2D eigenvalue weighted by Gasteiger charge is 2.45. The molecule has 0 saturated carbocycles. The van der Waals surface area contributed by atoms with Gasteiger partial charge in [-0.2, -0.15) is 0 Å². The maximum atomic E-state index is 13.9. The van der Waals surface area contributed by atoms with E-state index in [1.54, 1.807) is 0 Å². The molecule has 0 saturated heterocycles. The van der Waals surface area contributed by atoms with Crippen LogP contribution < -0.4 is 23.7 Å². The average Bonchev–Trinajstić information content (AvgIpc) is 3.34. The van der Waals surface area contributed by atoms with Crippen molar-refractivity contribution in [3.63, 3.8) is 0 Å². The Balaban J connectivity index is 1.53. The zero-order chi connectivity index (χ0) is 53.9. The summed E-state index contributed by atoms with van der Waals surface area (Å²) in [4.78, 5) is 80.3. The topological polar surface area (TPSA) is 204 Å². The molecule has 5 rings (SSSR count). The van der Waals surface area contributed by atoms with Crippen LogP contribution in [-0.2, 0) is 57.2 Å². The molecule has 0 bridgehead atoms. The smallest absolute Gasteiger partial charge is 0.344 e. The van der Waals surface area contributed by atoms with E-state index in [4.69, 9.17) is 168 Å². The SMILES string of the molecule is O=COC(COC(=O)COc1ccc(Cl)cc1Cl)C(OC(=O)COc1ccc(Cl)cc1Cl)C(OC(=O)COc1ccc(Cl)cc1Cl)C(COC(=O)COc1ccc(Cl)cc1Cl)OC(=O)COc1ccc(Cl)cc1Cl. The Morgan fingerprint density at radius 2 is 0.622 bits per heavy atom. The molecule has 4 unspecified atom stereocenters. The summed E-state index contributed by atoms with van der Waals surface area (Å²) in [6, 6.07) is 20.5. The lowest BCUT2D eigenvalue weighted by Crippen LogP contribution is -2.55. The first-order valence-electron chi connectivity index (χ1n) is 20.7. The minimum absolute atomic E-state index is 0.0108. The molecule has 0 aliphatic heterocycles. The summed E-state index contributed by atoms with van der Waals surface area (Å²) in [5.74, 6) is -6.21. The fraction of sp³-hybridized carbons (Fsp3) is 0.234. The third-order valence-electron chi connectivity index (χ3n) is 9.12. The quantitative estimate of drug-likeness (QED) is 0.0272. The van der Waals surface area contributed by atoms with Gasteiger partial charge in [-0.25, -0.2) is 24.0 Å². The van der Waals surface area contributed by atoms with Crippen molar-refractivity contribution in [1.29, 1.82) is 0 Å². The minimum Gasteiger partial charge on any atom is -0.480 e. The molecule has 0 heterocycles.